The van der Waals surface area contributed by atoms with Crippen LogP contribution in [0.15, 0.2) is 29.8 Å². The molecule has 0 aromatic carbocycles. The first kappa shape index (κ1) is 10.5. The van der Waals surface area contributed by atoms with E-state index in [1.807, 2.05) is 23.6 Å². The Bertz CT molecular complexity index is 517. The number of nitrogens with zero attached hydrogens (tertiary/aromatic N) is 2. The van der Waals surface area contributed by atoms with Crippen LogP contribution in [-0.2, 0) is 6.61 Å². The van der Waals surface area contributed by atoms with E-state index >= 15 is 0 Å². The van der Waals surface area contributed by atoms with E-state index in [1.54, 1.807) is 17.4 Å². The number of anilines is 1. The molecule has 4 nitrogen and oxygen atoms in total. The van der Waals surface area contributed by atoms with E-state index in [0.717, 1.165) is 4.88 Å². The van der Waals surface area contributed by atoms with Gasteiger partial charge >= 0.3 is 0 Å². The van der Waals surface area contributed by atoms with Crippen LogP contribution in [0.5, 0.6) is 5.88 Å². The van der Waals surface area contributed by atoms with Crippen LogP contribution in [-0.4, -0.2) is 4.98 Å². The van der Waals surface area contributed by atoms with Crippen LogP contribution in [0.2, 0.25) is 0 Å². The van der Waals surface area contributed by atoms with Gasteiger partial charge in [0.25, 0.3) is 0 Å². The van der Waals surface area contributed by atoms with Gasteiger partial charge in [-0.2, -0.15) is 5.26 Å². The molecule has 0 saturated heterocycles. The average Bonchev–Trinajstić information content (AvgIpc) is 2.80. The lowest BCUT2D eigenvalue weighted by Gasteiger charge is -2.06. The molecular weight excluding hydrogens is 222 g/mol. The fourth-order valence-electron chi connectivity index (χ4n) is 1.19. The number of pyridine rings is 1. The second-order valence-corrected chi connectivity index (χ2v) is 4.13. The SMILES string of the molecule is N#Cc1cnc(OCc2cccs2)c(N)c1. The molecule has 5 heteroatoms. The van der Waals surface area contributed by atoms with Gasteiger partial charge in [-0.15, -0.1) is 11.3 Å². The minimum absolute atomic E-state index is 0.368. The van der Waals surface area contributed by atoms with E-state index in [0.29, 0.717) is 23.7 Å². The zero-order chi connectivity index (χ0) is 11.4. The number of nitrogen functional groups attached to an aromatic ring is 1. The van der Waals surface area contributed by atoms with Gasteiger partial charge in [0.05, 0.1) is 11.3 Å². The average molecular weight is 231 g/mol. The highest BCUT2D eigenvalue weighted by Gasteiger charge is 2.04. The summed E-state index contributed by atoms with van der Waals surface area (Å²) in [4.78, 5) is 5.09. The van der Waals surface area contributed by atoms with Crippen LogP contribution in [0, 0.1) is 11.3 Å². The summed E-state index contributed by atoms with van der Waals surface area (Å²) in [7, 11) is 0. The number of hydrogen-bond acceptors (Lipinski definition) is 5. The van der Waals surface area contributed by atoms with Crippen molar-refractivity contribution in [2.75, 3.05) is 5.73 Å². The monoisotopic (exact) mass is 231 g/mol. The van der Waals surface area contributed by atoms with Crippen LogP contribution in [0.25, 0.3) is 0 Å². The Morgan fingerprint density at radius 1 is 1.56 bits per heavy atom. The molecule has 0 unspecified atom stereocenters. The summed E-state index contributed by atoms with van der Waals surface area (Å²) in [5.74, 6) is 0.368. The highest BCUT2D eigenvalue weighted by Crippen LogP contribution is 2.20. The Labute approximate surface area is 96.9 Å². The first-order valence-corrected chi connectivity index (χ1v) is 5.48. The van der Waals surface area contributed by atoms with E-state index in [9.17, 15) is 0 Å². The van der Waals surface area contributed by atoms with Gasteiger partial charge < -0.3 is 10.5 Å². The molecule has 2 N–H and O–H groups in total. The molecule has 0 atom stereocenters. The van der Waals surface area contributed by atoms with E-state index < -0.39 is 0 Å². The molecule has 2 aromatic rings. The van der Waals surface area contributed by atoms with Crippen LogP contribution >= 0.6 is 11.3 Å². The van der Waals surface area contributed by atoms with Gasteiger partial charge in [-0.3, -0.25) is 0 Å². The summed E-state index contributed by atoms with van der Waals surface area (Å²) in [5, 5.41) is 10.6. The Kier molecular flexibility index (Phi) is 3.03. The Balaban J connectivity index is 2.08. The van der Waals surface area contributed by atoms with Gasteiger partial charge in [0.15, 0.2) is 0 Å². The molecular formula is C11H9N3OS. The van der Waals surface area contributed by atoms with Crippen molar-refractivity contribution in [1.29, 1.82) is 5.26 Å². The first-order chi connectivity index (χ1) is 7.79. The zero-order valence-corrected chi connectivity index (χ0v) is 9.20. The summed E-state index contributed by atoms with van der Waals surface area (Å²) < 4.78 is 5.45. The number of hydrogen-bond donors (Lipinski definition) is 1. The second kappa shape index (κ2) is 4.64. The normalized spacial score (nSPS) is 9.69. The maximum absolute atomic E-state index is 8.65. The first-order valence-electron chi connectivity index (χ1n) is 4.60. The minimum atomic E-state index is 0.368. The van der Waals surface area contributed by atoms with Crippen LogP contribution in [0.4, 0.5) is 5.69 Å². The van der Waals surface area contributed by atoms with Crippen molar-refractivity contribution >= 4 is 17.0 Å². The van der Waals surface area contributed by atoms with E-state index in [4.69, 9.17) is 15.7 Å². The van der Waals surface area contributed by atoms with Crippen molar-refractivity contribution in [2.24, 2.45) is 0 Å². The molecule has 0 fully saturated rings. The lowest BCUT2D eigenvalue weighted by atomic mass is 10.3. The lowest BCUT2D eigenvalue weighted by molar-refractivity contribution is 0.299. The predicted octanol–water partition coefficient (Wildman–Crippen LogP) is 2.18. The molecule has 16 heavy (non-hydrogen) atoms. The van der Waals surface area contributed by atoms with Crippen LogP contribution < -0.4 is 10.5 Å². The Hall–Kier alpha value is -2.06. The third kappa shape index (κ3) is 2.30. The maximum Gasteiger partial charge on any atom is 0.237 e. The third-order valence-corrected chi connectivity index (χ3v) is 2.79. The van der Waals surface area contributed by atoms with E-state index in [2.05, 4.69) is 4.98 Å². The quantitative estimate of drug-likeness (QED) is 0.878. The van der Waals surface area contributed by atoms with Crippen molar-refractivity contribution in [3.8, 4) is 11.9 Å². The number of rotatable bonds is 3. The topological polar surface area (TPSA) is 71.9 Å². The van der Waals surface area contributed by atoms with Crippen molar-refractivity contribution in [3.05, 3.63) is 40.2 Å². The fourth-order valence-corrected chi connectivity index (χ4v) is 1.80. The largest absolute Gasteiger partial charge is 0.470 e. The van der Waals surface area contributed by atoms with E-state index in [1.165, 1.54) is 6.20 Å². The summed E-state index contributed by atoms with van der Waals surface area (Å²) in [6, 6.07) is 7.45. The number of thiophene rings is 1. The fraction of sp³-hybridized carbons (Fsp3) is 0.0909. The van der Waals surface area contributed by atoms with Crippen molar-refractivity contribution < 1.29 is 4.74 Å². The maximum atomic E-state index is 8.65. The molecule has 80 valence electrons. The summed E-state index contributed by atoms with van der Waals surface area (Å²) in [5.41, 5.74) is 6.52. The Morgan fingerprint density at radius 2 is 2.44 bits per heavy atom. The second-order valence-electron chi connectivity index (χ2n) is 3.10. The Morgan fingerprint density at radius 3 is 3.06 bits per heavy atom. The molecule has 2 aromatic heterocycles. The highest BCUT2D eigenvalue weighted by atomic mass is 32.1. The summed E-state index contributed by atoms with van der Waals surface area (Å²) in [6.45, 7) is 0.445. The van der Waals surface area contributed by atoms with Crippen LogP contribution in [0.1, 0.15) is 10.4 Å². The molecule has 0 radical (unpaired) electrons. The van der Waals surface area contributed by atoms with Gasteiger partial charge in [-0.05, 0) is 17.5 Å². The third-order valence-electron chi connectivity index (χ3n) is 1.94. The highest BCUT2D eigenvalue weighted by molar-refractivity contribution is 7.09. The molecule has 0 aliphatic carbocycles. The van der Waals surface area contributed by atoms with Gasteiger partial charge in [-0.1, -0.05) is 6.07 Å². The molecule has 0 amide bonds. The minimum Gasteiger partial charge on any atom is -0.470 e. The van der Waals surface area contributed by atoms with Crippen LogP contribution in [0.3, 0.4) is 0 Å². The standard InChI is InChI=1S/C11H9N3OS/c12-5-8-4-10(13)11(14-6-8)15-7-9-2-1-3-16-9/h1-4,6H,7,13H2. The molecule has 0 saturated carbocycles. The van der Waals surface area contributed by atoms with Crippen molar-refractivity contribution in [3.63, 3.8) is 0 Å². The number of ether oxygens (including phenoxy) is 1. The smallest absolute Gasteiger partial charge is 0.237 e. The van der Waals surface area contributed by atoms with Crippen molar-refractivity contribution in [1.82, 2.24) is 4.98 Å². The molecule has 0 aliphatic rings. The van der Waals surface area contributed by atoms with Gasteiger partial charge in [0, 0.05) is 11.1 Å². The van der Waals surface area contributed by atoms with Crippen molar-refractivity contribution in [2.45, 2.75) is 6.61 Å². The zero-order valence-electron chi connectivity index (χ0n) is 8.38. The molecule has 0 spiro atoms. The number of nitrogens with two attached hydrogens (primary N) is 1. The van der Waals surface area contributed by atoms with E-state index in [-0.39, 0.29) is 0 Å². The lowest BCUT2D eigenvalue weighted by Crippen LogP contribution is -2.00. The number of nitriles is 1. The summed E-state index contributed by atoms with van der Waals surface area (Å²) >= 11 is 1.61. The number of aromatic nitrogens is 1. The molecule has 0 aliphatic heterocycles. The molecule has 2 heterocycles. The summed E-state index contributed by atoms with van der Waals surface area (Å²) in [6.07, 6.45) is 1.44. The predicted molar refractivity (Wildman–Crippen MR) is 62.0 cm³/mol. The molecule has 0 bridgehead atoms. The van der Waals surface area contributed by atoms with Gasteiger partial charge in [0.2, 0.25) is 5.88 Å². The van der Waals surface area contributed by atoms with Gasteiger partial charge in [0.1, 0.15) is 12.7 Å². The van der Waals surface area contributed by atoms with Gasteiger partial charge in [-0.25, -0.2) is 4.98 Å². The molecule has 2 rings (SSSR count).